The summed E-state index contributed by atoms with van der Waals surface area (Å²) >= 11 is 1.24. The molecule has 150 valence electrons. The molecule has 2 aromatic heterocycles. The van der Waals surface area contributed by atoms with Gasteiger partial charge in [-0.3, -0.25) is 4.79 Å². The summed E-state index contributed by atoms with van der Waals surface area (Å²) in [7, 11) is 1.33. The molecule has 30 heavy (non-hydrogen) atoms. The lowest BCUT2D eigenvalue weighted by Crippen LogP contribution is -2.26. The Hall–Kier alpha value is -3.72. The number of ether oxygens (including phenoxy) is 3. The monoisotopic (exact) mass is 421 g/mol. The van der Waals surface area contributed by atoms with Gasteiger partial charge in [0.05, 0.1) is 17.2 Å². The summed E-state index contributed by atoms with van der Waals surface area (Å²) in [5.41, 5.74) is 0.966. The number of aromatic nitrogens is 3. The van der Waals surface area contributed by atoms with E-state index in [2.05, 4.69) is 14.8 Å². The molecule has 1 aliphatic heterocycles. The van der Waals surface area contributed by atoms with Crippen LogP contribution in [0.25, 0.3) is 11.0 Å². The van der Waals surface area contributed by atoms with Crippen LogP contribution in [-0.2, 0) is 4.74 Å². The zero-order chi connectivity index (χ0) is 20.7. The van der Waals surface area contributed by atoms with E-state index in [4.69, 9.17) is 9.47 Å². The van der Waals surface area contributed by atoms with Crippen LogP contribution in [0.2, 0.25) is 0 Å². The molecule has 5 rings (SSSR count). The van der Waals surface area contributed by atoms with Gasteiger partial charge in [-0.15, -0.1) is 5.10 Å². The van der Waals surface area contributed by atoms with Gasteiger partial charge in [0.15, 0.2) is 23.4 Å². The van der Waals surface area contributed by atoms with Crippen LogP contribution in [-0.4, -0.2) is 34.3 Å². The number of carbonyl (C=O) groups is 1. The predicted molar refractivity (Wildman–Crippen MR) is 109 cm³/mol. The molecule has 8 nitrogen and oxygen atoms in total. The van der Waals surface area contributed by atoms with Gasteiger partial charge in [0, 0.05) is 0 Å². The van der Waals surface area contributed by atoms with Crippen molar-refractivity contribution < 1.29 is 19.0 Å². The van der Waals surface area contributed by atoms with Crippen molar-refractivity contribution >= 4 is 28.3 Å². The van der Waals surface area contributed by atoms with Gasteiger partial charge in [0.1, 0.15) is 6.61 Å². The van der Waals surface area contributed by atoms with E-state index < -0.39 is 12.1 Å². The average molecular weight is 421 g/mol. The molecular formula is C21H15N3O5S. The standard InChI is InChI=1S/C21H15N3O5S/c1-27-20(26)13-8-6-12(7-9-13)10-17-19(25)24-21(30-17)22-18(23-24)16-11-28-14-4-2-3-5-15(14)29-16/h2-10,16H,11H2,1H3/b17-10+. The molecule has 0 saturated carbocycles. The third-order valence-electron chi connectivity index (χ3n) is 4.62. The zero-order valence-electron chi connectivity index (χ0n) is 15.8. The van der Waals surface area contributed by atoms with Gasteiger partial charge in [-0.05, 0) is 35.9 Å². The highest BCUT2D eigenvalue weighted by Gasteiger charge is 2.27. The van der Waals surface area contributed by atoms with Gasteiger partial charge >= 0.3 is 5.97 Å². The Morgan fingerprint density at radius 2 is 1.97 bits per heavy atom. The lowest BCUT2D eigenvalue weighted by molar-refractivity contribution is 0.0600. The Morgan fingerprint density at radius 1 is 1.20 bits per heavy atom. The maximum absolute atomic E-state index is 12.7. The molecule has 2 aromatic carbocycles. The first kappa shape index (κ1) is 18.3. The number of thiazole rings is 1. The highest BCUT2D eigenvalue weighted by Crippen LogP contribution is 2.35. The van der Waals surface area contributed by atoms with E-state index in [0.29, 0.717) is 32.4 Å². The van der Waals surface area contributed by atoms with Crippen molar-refractivity contribution in [2.75, 3.05) is 13.7 Å². The minimum atomic E-state index is -0.482. The van der Waals surface area contributed by atoms with E-state index in [1.807, 2.05) is 24.3 Å². The van der Waals surface area contributed by atoms with Gasteiger partial charge in [-0.1, -0.05) is 35.6 Å². The quantitative estimate of drug-likeness (QED) is 0.467. The van der Waals surface area contributed by atoms with E-state index in [-0.39, 0.29) is 12.2 Å². The van der Waals surface area contributed by atoms with Gasteiger partial charge in [0.25, 0.3) is 5.56 Å². The molecule has 3 heterocycles. The van der Waals surface area contributed by atoms with E-state index >= 15 is 0 Å². The fourth-order valence-corrected chi connectivity index (χ4v) is 4.03. The Kier molecular flexibility index (Phi) is 4.44. The smallest absolute Gasteiger partial charge is 0.337 e. The first-order valence-electron chi connectivity index (χ1n) is 9.10. The fourth-order valence-electron chi connectivity index (χ4n) is 3.12. The number of hydrogen-bond acceptors (Lipinski definition) is 8. The Morgan fingerprint density at radius 3 is 2.70 bits per heavy atom. The lowest BCUT2D eigenvalue weighted by atomic mass is 10.1. The number of carbonyl (C=O) groups excluding carboxylic acids is 1. The second-order valence-electron chi connectivity index (χ2n) is 6.56. The lowest BCUT2D eigenvalue weighted by Gasteiger charge is -2.24. The number of hydrogen-bond donors (Lipinski definition) is 0. The molecule has 0 bridgehead atoms. The fraction of sp³-hybridized carbons (Fsp3) is 0.143. The molecule has 9 heteroatoms. The Balaban J connectivity index is 1.44. The van der Waals surface area contributed by atoms with Gasteiger partial charge < -0.3 is 14.2 Å². The van der Waals surface area contributed by atoms with Crippen LogP contribution < -0.4 is 19.6 Å². The predicted octanol–water partition coefficient (Wildman–Crippen LogP) is 2.00. The van der Waals surface area contributed by atoms with Crippen LogP contribution in [0.15, 0.2) is 53.3 Å². The highest BCUT2D eigenvalue weighted by molar-refractivity contribution is 7.15. The van der Waals surface area contributed by atoms with Crippen molar-refractivity contribution in [3.05, 3.63) is 80.4 Å². The van der Waals surface area contributed by atoms with E-state index in [9.17, 15) is 9.59 Å². The number of para-hydroxylation sites is 2. The third kappa shape index (κ3) is 3.18. The summed E-state index contributed by atoms with van der Waals surface area (Å²) in [6.45, 7) is 0.272. The van der Waals surface area contributed by atoms with Crippen LogP contribution in [0.1, 0.15) is 27.8 Å². The molecular weight excluding hydrogens is 406 g/mol. The first-order valence-corrected chi connectivity index (χ1v) is 9.92. The molecule has 4 aromatic rings. The number of rotatable bonds is 3. The highest BCUT2D eigenvalue weighted by atomic mass is 32.1. The summed E-state index contributed by atoms with van der Waals surface area (Å²) in [5.74, 6) is 1.30. The number of methoxy groups -OCH3 is 1. The maximum atomic E-state index is 12.7. The minimum absolute atomic E-state index is 0.261. The Labute approximate surface area is 174 Å². The van der Waals surface area contributed by atoms with Gasteiger partial charge in [-0.2, -0.15) is 9.50 Å². The summed E-state index contributed by atoms with van der Waals surface area (Å²) in [4.78, 5) is 29.2. The largest absolute Gasteiger partial charge is 0.485 e. The van der Waals surface area contributed by atoms with E-state index in [1.165, 1.54) is 23.0 Å². The number of fused-ring (bicyclic) bond motifs is 2. The van der Waals surface area contributed by atoms with Crippen molar-refractivity contribution in [3.8, 4) is 11.5 Å². The number of benzene rings is 2. The zero-order valence-corrected chi connectivity index (χ0v) is 16.6. The second-order valence-corrected chi connectivity index (χ2v) is 7.57. The summed E-state index contributed by atoms with van der Waals surface area (Å²) in [6, 6.07) is 14.2. The average Bonchev–Trinajstić information content (AvgIpc) is 3.33. The normalized spacial score (nSPS) is 16.0. The molecule has 0 radical (unpaired) electrons. The second kappa shape index (κ2) is 7.27. The van der Waals surface area contributed by atoms with Crippen LogP contribution in [0.4, 0.5) is 0 Å². The Bertz CT molecular complexity index is 1360. The van der Waals surface area contributed by atoms with Crippen molar-refractivity contribution in [1.29, 1.82) is 0 Å². The molecule has 1 atom stereocenters. The van der Waals surface area contributed by atoms with Gasteiger partial charge in [0.2, 0.25) is 4.96 Å². The topological polar surface area (TPSA) is 92.0 Å². The molecule has 0 fully saturated rings. The molecule has 0 spiro atoms. The van der Waals surface area contributed by atoms with Crippen LogP contribution >= 0.6 is 11.3 Å². The summed E-state index contributed by atoms with van der Waals surface area (Å²) in [5, 5.41) is 4.34. The molecule has 1 unspecified atom stereocenters. The molecule has 0 aliphatic carbocycles. The van der Waals surface area contributed by atoms with Crippen LogP contribution in [0.5, 0.6) is 11.5 Å². The van der Waals surface area contributed by atoms with Crippen molar-refractivity contribution in [3.63, 3.8) is 0 Å². The SMILES string of the molecule is COC(=O)c1ccc(/C=c2/sc3nc(C4COc5ccccc5O4)nn3c2=O)cc1. The van der Waals surface area contributed by atoms with Crippen LogP contribution in [0, 0.1) is 0 Å². The minimum Gasteiger partial charge on any atom is -0.485 e. The molecule has 0 N–H and O–H groups in total. The van der Waals surface area contributed by atoms with E-state index in [0.717, 1.165) is 5.56 Å². The van der Waals surface area contributed by atoms with Gasteiger partial charge in [-0.25, -0.2) is 4.79 Å². The van der Waals surface area contributed by atoms with Crippen LogP contribution in [0.3, 0.4) is 0 Å². The van der Waals surface area contributed by atoms with Crippen molar-refractivity contribution in [2.24, 2.45) is 0 Å². The molecule has 0 saturated heterocycles. The number of esters is 1. The van der Waals surface area contributed by atoms with E-state index in [1.54, 1.807) is 30.3 Å². The van der Waals surface area contributed by atoms with Crippen molar-refractivity contribution in [2.45, 2.75) is 6.10 Å². The summed E-state index contributed by atoms with van der Waals surface area (Å²) in [6.07, 6.45) is 1.25. The first-order chi connectivity index (χ1) is 14.6. The number of nitrogens with zero attached hydrogens (tertiary/aromatic N) is 3. The molecule has 0 amide bonds. The molecule has 1 aliphatic rings. The van der Waals surface area contributed by atoms with Crippen molar-refractivity contribution in [1.82, 2.24) is 14.6 Å². The third-order valence-corrected chi connectivity index (χ3v) is 5.58. The summed E-state index contributed by atoms with van der Waals surface area (Å²) < 4.78 is 18.1. The maximum Gasteiger partial charge on any atom is 0.337 e.